The number of carbonyl (C=O) groups excluding carboxylic acids is 1. The van der Waals surface area contributed by atoms with Gasteiger partial charge in [0.25, 0.3) is 0 Å². The van der Waals surface area contributed by atoms with Gasteiger partial charge in [-0.15, -0.1) is 0 Å². The summed E-state index contributed by atoms with van der Waals surface area (Å²) in [4.78, 5) is 11.8. The van der Waals surface area contributed by atoms with Crippen LogP contribution in [0.1, 0.15) is 72.1 Å². The van der Waals surface area contributed by atoms with Crippen molar-refractivity contribution in [1.29, 1.82) is 0 Å². The van der Waals surface area contributed by atoms with Crippen molar-refractivity contribution in [3.8, 4) is 0 Å². The summed E-state index contributed by atoms with van der Waals surface area (Å²) in [6.07, 6.45) is 12.2. The van der Waals surface area contributed by atoms with Crippen molar-refractivity contribution >= 4 is 5.78 Å². The van der Waals surface area contributed by atoms with Gasteiger partial charge in [-0.05, 0) is 79.1 Å². The maximum atomic E-state index is 11.8. The topological polar surface area (TPSA) is 17.1 Å². The highest BCUT2D eigenvalue weighted by atomic mass is 16.1. The molecule has 0 aliphatic heterocycles. The van der Waals surface area contributed by atoms with Crippen LogP contribution in [-0.2, 0) is 4.79 Å². The lowest BCUT2D eigenvalue weighted by molar-refractivity contribution is -0.119. The molecule has 3 saturated carbocycles. The Kier molecular flexibility index (Phi) is 2.98. The molecule has 0 spiro atoms. The predicted octanol–water partition coefficient (Wildman–Crippen LogP) is 5.15. The van der Waals surface area contributed by atoms with E-state index in [0.29, 0.717) is 16.6 Å². The van der Waals surface area contributed by atoms with Gasteiger partial charge in [-0.25, -0.2) is 0 Å². The van der Waals surface area contributed by atoms with Crippen molar-refractivity contribution in [2.45, 2.75) is 72.1 Å². The first-order valence-electron chi connectivity index (χ1n) is 9.19. The summed E-state index contributed by atoms with van der Waals surface area (Å²) < 4.78 is 0. The normalized spacial score (nSPS) is 52.7. The van der Waals surface area contributed by atoms with Crippen molar-refractivity contribution < 1.29 is 4.79 Å². The summed E-state index contributed by atoms with van der Waals surface area (Å²) in [5.74, 6) is 4.11. The fourth-order valence-corrected chi connectivity index (χ4v) is 7.06. The zero-order valence-corrected chi connectivity index (χ0v) is 14.0. The molecule has 116 valence electrons. The van der Waals surface area contributed by atoms with Crippen molar-refractivity contribution in [2.24, 2.45) is 34.5 Å². The average molecular weight is 286 g/mol. The minimum absolute atomic E-state index is 0.331. The monoisotopic (exact) mass is 286 g/mol. The van der Waals surface area contributed by atoms with Crippen LogP contribution in [0.3, 0.4) is 0 Å². The number of rotatable bonds is 0. The van der Waals surface area contributed by atoms with Crippen LogP contribution in [0.25, 0.3) is 0 Å². The number of ketones is 1. The third-order valence-corrected chi connectivity index (χ3v) is 8.27. The van der Waals surface area contributed by atoms with Gasteiger partial charge in [0.05, 0.1) is 0 Å². The van der Waals surface area contributed by atoms with Crippen LogP contribution in [0.5, 0.6) is 0 Å². The second-order valence-electron chi connectivity index (χ2n) is 9.01. The summed E-state index contributed by atoms with van der Waals surface area (Å²) in [5, 5.41) is 0. The molecule has 4 aliphatic carbocycles. The van der Waals surface area contributed by atoms with Crippen LogP contribution in [0.15, 0.2) is 11.6 Å². The van der Waals surface area contributed by atoms with Crippen molar-refractivity contribution in [2.75, 3.05) is 0 Å². The average Bonchev–Trinajstić information content (AvgIpc) is 2.83. The van der Waals surface area contributed by atoms with Gasteiger partial charge in [0, 0.05) is 6.42 Å². The first-order valence-corrected chi connectivity index (χ1v) is 9.19. The third-order valence-electron chi connectivity index (χ3n) is 8.27. The summed E-state index contributed by atoms with van der Waals surface area (Å²) in [5.41, 5.74) is 2.38. The minimum atomic E-state index is 0.331. The van der Waals surface area contributed by atoms with E-state index in [1.807, 2.05) is 6.08 Å². The highest BCUT2D eigenvalue weighted by Crippen LogP contribution is 2.67. The largest absolute Gasteiger partial charge is 0.295 e. The van der Waals surface area contributed by atoms with Crippen LogP contribution >= 0.6 is 0 Å². The quantitative estimate of drug-likeness (QED) is 0.601. The van der Waals surface area contributed by atoms with E-state index in [0.717, 1.165) is 36.5 Å². The number of allylic oxidation sites excluding steroid dienone is 1. The molecule has 0 saturated heterocycles. The Hall–Kier alpha value is -0.590. The molecule has 3 fully saturated rings. The lowest BCUT2D eigenvalue weighted by Crippen LogP contribution is -2.53. The van der Waals surface area contributed by atoms with Crippen molar-refractivity contribution in [3.63, 3.8) is 0 Å². The van der Waals surface area contributed by atoms with Crippen molar-refractivity contribution in [3.05, 3.63) is 11.6 Å². The number of hydrogen-bond acceptors (Lipinski definition) is 1. The van der Waals surface area contributed by atoms with Crippen LogP contribution < -0.4 is 0 Å². The number of carbonyl (C=O) groups is 1. The molecule has 0 N–H and O–H groups in total. The Morgan fingerprint density at radius 2 is 1.86 bits per heavy atom. The standard InChI is InChI=1S/C20H30O/c1-13-4-6-17-16(13)5-7-18-19(2)11-9-15(21)12-14(19)8-10-20(17,18)3/h12-13,16-18H,4-11H2,1-3H3. The Labute approximate surface area is 129 Å². The summed E-state index contributed by atoms with van der Waals surface area (Å²) in [7, 11) is 0. The molecule has 6 atom stereocenters. The number of fused-ring (bicyclic) bond motifs is 5. The van der Waals surface area contributed by atoms with Gasteiger partial charge in [-0.2, -0.15) is 0 Å². The summed E-state index contributed by atoms with van der Waals surface area (Å²) in [6, 6.07) is 0. The zero-order chi connectivity index (χ0) is 14.8. The minimum Gasteiger partial charge on any atom is -0.295 e. The fourth-order valence-electron chi connectivity index (χ4n) is 7.06. The van der Waals surface area contributed by atoms with E-state index in [9.17, 15) is 4.79 Å². The summed E-state index contributed by atoms with van der Waals surface area (Å²) >= 11 is 0. The molecule has 0 amide bonds. The molecular formula is C20H30O. The SMILES string of the molecule is CC1CCC2C1CCC1C3(C)CCC(=O)C=C3CCC21C. The Morgan fingerprint density at radius 3 is 2.67 bits per heavy atom. The zero-order valence-electron chi connectivity index (χ0n) is 14.0. The second-order valence-corrected chi connectivity index (χ2v) is 9.01. The first-order chi connectivity index (χ1) is 9.95. The van der Waals surface area contributed by atoms with Gasteiger partial charge in [0.2, 0.25) is 0 Å². The van der Waals surface area contributed by atoms with E-state index in [-0.39, 0.29) is 0 Å². The lowest BCUT2D eigenvalue weighted by atomic mass is 9.43. The maximum Gasteiger partial charge on any atom is 0.155 e. The molecule has 0 bridgehead atoms. The van der Waals surface area contributed by atoms with Crippen LogP contribution in [0, 0.1) is 34.5 Å². The highest BCUT2D eigenvalue weighted by Gasteiger charge is 2.59. The molecule has 0 aromatic rings. The molecular weight excluding hydrogens is 256 g/mol. The van der Waals surface area contributed by atoms with Gasteiger partial charge in [-0.1, -0.05) is 32.8 Å². The van der Waals surface area contributed by atoms with Crippen LogP contribution in [-0.4, -0.2) is 5.78 Å². The molecule has 0 heterocycles. The third kappa shape index (κ3) is 1.79. The summed E-state index contributed by atoms with van der Waals surface area (Å²) in [6.45, 7) is 7.60. The van der Waals surface area contributed by atoms with Gasteiger partial charge >= 0.3 is 0 Å². The van der Waals surface area contributed by atoms with E-state index in [4.69, 9.17) is 0 Å². The van der Waals surface area contributed by atoms with E-state index in [1.165, 1.54) is 44.1 Å². The molecule has 6 unspecified atom stereocenters. The molecule has 1 nitrogen and oxygen atoms in total. The molecule has 1 heteroatoms. The van der Waals surface area contributed by atoms with E-state index >= 15 is 0 Å². The van der Waals surface area contributed by atoms with E-state index < -0.39 is 0 Å². The first kappa shape index (κ1) is 14.0. The Balaban J connectivity index is 1.73. The smallest absolute Gasteiger partial charge is 0.155 e. The fraction of sp³-hybridized carbons (Fsp3) is 0.850. The molecule has 21 heavy (non-hydrogen) atoms. The van der Waals surface area contributed by atoms with Gasteiger partial charge < -0.3 is 0 Å². The van der Waals surface area contributed by atoms with Gasteiger partial charge in [0.1, 0.15) is 0 Å². The van der Waals surface area contributed by atoms with Gasteiger partial charge in [-0.3, -0.25) is 4.79 Å². The Bertz CT molecular complexity index is 504. The van der Waals surface area contributed by atoms with Crippen LogP contribution in [0.4, 0.5) is 0 Å². The number of hydrogen-bond donors (Lipinski definition) is 0. The van der Waals surface area contributed by atoms with E-state index in [1.54, 1.807) is 0 Å². The molecule has 4 aliphatic rings. The second kappa shape index (κ2) is 4.46. The molecule has 0 radical (unpaired) electrons. The molecule has 0 aromatic carbocycles. The molecule has 4 rings (SSSR count). The highest BCUT2D eigenvalue weighted by molar-refractivity contribution is 5.91. The lowest BCUT2D eigenvalue weighted by Gasteiger charge is -2.61. The van der Waals surface area contributed by atoms with E-state index in [2.05, 4.69) is 20.8 Å². The van der Waals surface area contributed by atoms with Gasteiger partial charge in [0.15, 0.2) is 5.78 Å². The maximum absolute atomic E-state index is 11.8. The molecule has 0 aromatic heterocycles. The van der Waals surface area contributed by atoms with Crippen molar-refractivity contribution in [1.82, 2.24) is 0 Å². The van der Waals surface area contributed by atoms with Crippen LogP contribution in [0.2, 0.25) is 0 Å². The predicted molar refractivity (Wildman–Crippen MR) is 85.9 cm³/mol. The Morgan fingerprint density at radius 1 is 1.05 bits per heavy atom.